The van der Waals surface area contributed by atoms with Gasteiger partial charge in [-0.1, -0.05) is 34.8 Å². The van der Waals surface area contributed by atoms with Gasteiger partial charge in [-0.05, 0) is 37.8 Å². The van der Waals surface area contributed by atoms with Crippen LogP contribution in [-0.2, 0) is 11.3 Å². The van der Waals surface area contributed by atoms with E-state index < -0.39 is 0 Å². The number of hydrogen-bond donors (Lipinski definition) is 1. The molecule has 0 amide bonds. The number of anilines is 1. The maximum Gasteiger partial charge on any atom is 0.0744 e. The minimum absolute atomic E-state index is 0.539. The van der Waals surface area contributed by atoms with Crippen LogP contribution >= 0.6 is 15.9 Å². The van der Waals surface area contributed by atoms with Crippen molar-refractivity contribution in [1.29, 1.82) is 0 Å². The zero-order valence-corrected chi connectivity index (χ0v) is 12.8. The molecule has 1 aliphatic carbocycles. The molecule has 1 fully saturated rings. The minimum atomic E-state index is 0.539. The summed E-state index contributed by atoms with van der Waals surface area (Å²) in [6.07, 6.45) is 5.50. The lowest BCUT2D eigenvalue weighted by Gasteiger charge is -2.23. The van der Waals surface area contributed by atoms with Crippen LogP contribution in [0.25, 0.3) is 0 Å². The van der Waals surface area contributed by atoms with Gasteiger partial charge in [-0.15, -0.1) is 0 Å². The first-order valence-corrected chi connectivity index (χ1v) is 7.54. The first kappa shape index (κ1) is 13.9. The molecular weight excluding hydrogens is 290 g/mol. The minimum Gasteiger partial charge on any atom is -0.382 e. The molecule has 1 atom stereocenters. The Labute approximate surface area is 118 Å². The van der Waals surface area contributed by atoms with E-state index in [1.54, 1.807) is 7.11 Å². The first-order chi connectivity index (χ1) is 8.72. The van der Waals surface area contributed by atoms with Crippen molar-refractivity contribution in [3.8, 4) is 0 Å². The van der Waals surface area contributed by atoms with Crippen LogP contribution < -0.4 is 5.32 Å². The standard InChI is InChI=1S/C15H22BrNO/c1-11(12-6-3-4-7-12)17-15-9-5-8-14(16)13(15)10-18-2/h5,8-9,11-12,17H,3-4,6-7,10H2,1-2H3. The molecule has 0 saturated heterocycles. The maximum absolute atomic E-state index is 5.29. The molecule has 100 valence electrons. The lowest BCUT2D eigenvalue weighted by molar-refractivity contribution is 0.184. The van der Waals surface area contributed by atoms with Gasteiger partial charge in [0.1, 0.15) is 0 Å². The summed E-state index contributed by atoms with van der Waals surface area (Å²) < 4.78 is 6.40. The molecule has 1 aromatic carbocycles. The van der Waals surface area contributed by atoms with Crippen LogP contribution in [0.3, 0.4) is 0 Å². The second-order valence-corrected chi connectivity index (χ2v) is 6.03. The van der Waals surface area contributed by atoms with E-state index in [9.17, 15) is 0 Å². The number of hydrogen-bond acceptors (Lipinski definition) is 2. The molecule has 0 spiro atoms. The Hall–Kier alpha value is -0.540. The Morgan fingerprint density at radius 1 is 1.39 bits per heavy atom. The number of methoxy groups -OCH3 is 1. The van der Waals surface area contributed by atoms with Crippen molar-refractivity contribution in [2.75, 3.05) is 12.4 Å². The molecule has 3 heteroatoms. The predicted molar refractivity (Wildman–Crippen MR) is 79.9 cm³/mol. The van der Waals surface area contributed by atoms with Crippen molar-refractivity contribution in [3.63, 3.8) is 0 Å². The highest BCUT2D eigenvalue weighted by atomic mass is 79.9. The maximum atomic E-state index is 5.29. The molecule has 0 bridgehead atoms. The van der Waals surface area contributed by atoms with Crippen LogP contribution in [0.5, 0.6) is 0 Å². The van der Waals surface area contributed by atoms with E-state index in [1.165, 1.54) is 36.9 Å². The average molecular weight is 312 g/mol. The molecule has 0 aliphatic heterocycles. The largest absolute Gasteiger partial charge is 0.382 e. The number of halogens is 1. The molecule has 1 aliphatic rings. The summed E-state index contributed by atoms with van der Waals surface area (Å²) >= 11 is 3.60. The van der Waals surface area contributed by atoms with Crippen molar-refractivity contribution in [1.82, 2.24) is 0 Å². The third-order valence-corrected chi connectivity index (χ3v) is 4.64. The summed E-state index contributed by atoms with van der Waals surface area (Å²) in [5.74, 6) is 0.819. The Bertz CT molecular complexity index is 388. The van der Waals surface area contributed by atoms with Crippen LogP contribution in [0, 0.1) is 5.92 Å². The number of nitrogens with one attached hydrogen (secondary N) is 1. The van der Waals surface area contributed by atoms with E-state index in [0.29, 0.717) is 12.6 Å². The molecule has 1 N–H and O–H groups in total. The molecule has 1 aromatic rings. The van der Waals surface area contributed by atoms with Gasteiger partial charge in [-0.2, -0.15) is 0 Å². The first-order valence-electron chi connectivity index (χ1n) is 6.75. The highest BCUT2D eigenvalue weighted by molar-refractivity contribution is 9.10. The SMILES string of the molecule is COCc1c(Br)cccc1NC(C)C1CCCC1. The fraction of sp³-hybridized carbons (Fsp3) is 0.600. The summed E-state index contributed by atoms with van der Waals surface area (Å²) in [4.78, 5) is 0. The highest BCUT2D eigenvalue weighted by Crippen LogP contribution is 2.31. The molecule has 1 saturated carbocycles. The molecule has 0 heterocycles. The monoisotopic (exact) mass is 311 g/mol. The van der Waals surface area contributed by atoms with Gasteiger partial charge in [0.05, 0.1) is 6.61 Å². The van der Waals surface area contributed by atoms with Gasteiger partial charge in [0, 0.05) is 28.9 Å². The molecule has 2 nitrogen and oxygen atoms in total. The summed E-state index contributed by atoms with van der Waals surface area (Å²) in [5, 5.41) is 3.67. The third-order valence-electron chi connectivity index (χ3n) is 3.90. The predicted octanol–water partition coefficient (Wildman–Crippen LogP) is 4.59. The van der Waals surface area contributed by atoms with Gasteiger partial charge in [0.15, 0.2) is 0 Å². The Morgan fingerprint density at radius 2 is 2.11 bits per heavy atom. The summed E-state index contributed by atoms with van der Waals surface area (Å²) in [7, 11) is 1.74. The Kier molecular flexibility index (Phi) is 5.07. The van der Waals surface area contributed by atoms with Crippen LogP contribution in [0.15, 0.2) is 22.7 Å². The van der Waals surface area contributed by atoms with Gasteiger partial charge in [-0.25, -0.2) is 0 Å². The van der Waals surface area contributed by atoms with Crippen molar-refractivity contribution in [2.24, 2.45) is 5.92 Å². The number of benzene rings is 1. The van der Waals surface area contributed by atoms with Crippen LogP contribution in [-0.4, -0.2) is 13.2 Å². The number of ether oxygens (including phenoxy) is 1. The molecule has 0 aromatic heterocycles. The van der Waals surface area contributed by atoms with Crippen molar-refractivity contribution in [3.05, 3.63) is 28.2 Å². The smallest absolute Gasteiger partial charge is 0.0744 e. The van der Waals surface area contributed by atoms with E-state index in [2.05, 4.69) is 46.4 Å². The van der Waals surface area contributed by atoms with Crippen molar-refractivity contribution >= 4 is 21.6 Å². The van der Waals surface area contributed by atoms with E-state index >= 15 is 0 Å². The fourth-order valence-corrected chi connectivity index (χ4v) is 3.29. The van der Waals surface area contributed by atoms with Gasteiger partial charge >= 0.3 is 0 Å². The lowest BCUT2D eigenvalue weighted by atomic mass is 9.99. The third kappa shape index (κ3) is 3.27. The summed E-state index contributed by atoms with van der Waals surface area (Å²) in [5.41, 5.74) is 2.41. The quantitative estimate of drug-likeness (QED) is 0.859. The van der Waals surface area contributed by atoms with Gasteiger partial charge in [-0.3, -0.25) is 0 Å². The van der Waals surface area contributed by atoms with Gasteiger partial charge in [0.25, 0.3) is 0 Å². The van der Waals surface area contributed by atoms with Crippen LogP contribution in [0.4, 0.5) is 5.69 Å². The Balaban J connectivity index is 2.09. The van der Waals surface area contributed by atoms with Crippen molar-refractivity contribution in [2.45, 2.75) is 45.3 Å². The summed E-state index contributed by atoms with van der Waals surface area (Å²) in [6.45, 7) is 2.94. The Morgan fingerprint density at radius 3 is 2.78 bits per heavy atom. The zero-order valence-electron chi connectivity index (χ0n) is 11.2. The van der Waals surface area contributed by atoms with E-state index in [4.69, 9.17) is 4.74 Å². The molecular formula is C15H22BrNO. The van der Waals surface area contributed by atoms with Crippen molar-refractivity contribution < 1.29 is 4.74 Å². The van der Waals surface area contributed by atoms with Crippen LogP contribution in [0.2, 0.25) is 0 Å². The number of rotatable bonds is 5. The van der Waals surface area contributed by atoms with Gasteiger partial charge < -0.3 is 10.1 Å². The van der Waals surface area contributed by atoms with E-state index in [1.807, 2.05) is 0 Å². The average Bonchev–Trinajstić information content (AvgIpc) is 2.87. The second-order valence-electron chi connectivity index (χ2n) is 5.18. The lowest BCUT2D eigenvalue weighted by Crippen LogP contribution is -2.24. The van der Waals surface area contributed by atoms with Gasteiger partial charge in [0.2, 0.25) is 0 Å². The zero-order chi connectivity index (χ0) is 13.0. The fourth-order valence-electron chi connectivity index (χ4n) is 2.81. The summed E-state index contributed by atoms with van der Waals surface area (Å²) in [6, 6.07) is 6.83. The second kappa shape index (κ2) is 6.58. The van der Waals surface area contributed by atoms with Crippen LogP contribution in [0.1, 0.15) is 38.2 Å². The molecule has 18 heavy (non-hydrogen) atoms. The van der Waals surface area contributed by atoms with E-state index in [-0.39, 0.29) is 0 Å². The molecule has 2 rings (SSSR count). The topological polar surface area (TPSA) is 21.3 Å². The molecule has 0 radical (unpaired) electrons. The van der Waals surface area contributed by atoms with E-state index in [0.717, 1.165) is 10.4 Å². The highest BCUT2D eigenvalue weighted by Gasteiger charge is 2.22. The molecule has 1 unspecified atom stereocenters. The normalized spacial score (nSPS) is 17.9.